The summed E-state index contributed by atoms with van der Waals surface area (Å²) in [6.45, 7) is 6.20. The number of anilines is 1. The highest BCUT2D eigenvalue weighted by Gasteiger charge is 2.30. The second kappa shape index (κ2) is 11.7. The number of nitrogens with one attached hydrogen (secondary N) is 1. The zero-order valence-corrected chi connectivity index (χ0v) is 22.4. The van der Waals surface area contributed by atoms with Gasteiger partial charge in [-0.25, -0.2) is 8.42 Å². The summed E-state index contributed by atoms with van der Waals surface area (Å²) in [6.07, 6.45) is 0.530. The molecule has 3 rings (SSSR count). The normalized spacial score (nSPS) is 11.9. The first-order valence-corrected chi connectivity index (χ1v) is 13.6. The van der Waals surface area contributed by atoms with Gasteiger partial charge in [0, 0.05) is 24.9 Å². The summed E-state index contributed by atoms with van der Waals surface area (Å²) in [5.74, 6) is 0.327. The Kier molecular flexibility index (Phi) is 8.83. The average Bonchev–Trinajstić information content (AvgIpc) is 2.88. The van der Waals surface area contributed by atoms with Gasteiger partial charge in [0.25, 0.3) is 0 Å². The van der Waals surface area contributed by atoms with Crippen molar-refractivity contribution in [3.05, 3.63) is 77.9 Å². The minimum Gasteiger partial charge on any atom is -0.508 e. The Labute approximate surface area is 218 Å². The molecule has 0 aliphatic carbocycles. The molecular weight excluding hydrogens is 492 g/mol. The molecule has 0 atom stereocenters. The molecule has 0 fully saturated rings. The van der Waals surface area contributed by atoms with E-state index in [4.69, 9.17) is 4.74 Å². The van der Waals surface area contributed by atoms with Crippen LogP contribution in [0.25, 0.3) is 0 Å². The summed E-state index contributed by atoms with van der Waals surface area (Å²) in [6, 6.07) is 18.1. The van der Waals surface area contributed by atoms with Crippen LogP contribution in [0.15, 0.2) is 71.6 Å². The van der Waals surface area contributed by atoms with E-state index in [2.05, 4.69) is 5.32 Å². The number of hydrogen-bond donors (Lipinski definition) is 3. The highest BCUT2D eigenvalue weighted by molar-refractivity contribution is 7.89. The molecule has 3 N–H and O–H groups in total. The molecule has 3 aromatic carbocycles. The number of methoxy groups -OCH3 is 1. The molecule has 0 heterocycles. The number of phenols is 2. The molecule has 0 bridgehead atoms. The summed E-state index contributed by atoms with van der Waals surface area (Å²) < 4.78 is 32.7. The molecule has 198 valence electrons. The van der Waals surface area contributed by atoms with Gasteiger partial charge in [0.2, 0.25) is 15.9 Å². The van der Waals surface area contributed by atoms with Crippen molar-refractivity contribution in [2.24, 2.45) is 0 Å². The van der Waals surface area contributed by atoms with Gasteiger partial charge in [-0.2, -0.15) is 4.31 Å². The number of rotatable bonds is 11. The smallest absolute Gasteiger partial charge is 0.243 e. The van der Waals surface area contributed by atoms with Gasteiger partial charge in [-0.1, -0.05) is 45.0 Å². The molecule has 37 heavy (non-hydrogen) atoms. The van der Waals surface area contributed by atoms with E-state index in [1.807, 2.05) is 31.2 Å². The SMILES string of the molecule is CCN(CC)S(=O)(=O)c1ccc(OC)c(NC(=O)CCC(C)(c2ccc(O)cc2)c2ccc(O)cc2)c1. The van der Waals surface area contributed by atoms with Gasteiger partial charge in [0.15, 0.2) is 0 Å². The van der Waals surface area contributed by atoms with E-state index in [9.17, 15) is 23.4 Å². The second-order valence-electron chi connectivity index (χ2n) is 8.93. The average molecular weight is 527 g/mol. The fraction of sp³-hybridized carbons (Fsp3) is 0.321. The van der Waals surface area contributed by atoms with Gasteiger partial charge in [-0.05, 0) is 60.0 Å². The van der Waals surface area contributed by atoms with E-state index >= 15 is 0 Å². The van der Waals surface area contributed by atoms with Gasteiger partial charge < -0.3 is 20.3 Å². The minimum atomic E-state index is -3.71. The van der Waals surface area contributed by atoms with Crippen LogP contribution in [-0.4, -0.2) is 49.0 Å². The fourth-order valence-corrected chi connectivity index (χ4v) is 5.83. The molecule has 0 saturated carbocycles. The molecule has 0 aliphatic heterocycles. The number of hydrogen-bond acceptors (Lipinski definition) is 6. The lowest BCUT2D eigenvalue weighted by atomic mass is 9.73. The Morgan fingerprint density at radius 1 is 0.919 bits per heavy atom. The van der Waals surface area contributed by atoms with E-state index < -0.39 is 15.4 Å². The Morgan fingerprint density at radius 2 is 1.43 bits per heavy atom. The monoisotopic (exact) mass is 526 g/mol. The molecular formula is C28H34N2O6S. The highest BCUT2D eigenvalue weighted by atomic mass is 32.2. The van der Waals surface area contributed by atoms with E-state index in [1.165, 1.54) is 29.6 Å². The third-order valence-corrected chi connectivity index (χ3v) is 8.70. The molecule has 3 aromatic rings. The summed E-state index contributed by atoms with van der Waals surface area (Å²) in [5, 5.41) is 22.3. The number of carbonyl (C=O) groups excluding carboxylic acids is 1. The largest absolute Gasteiger partial charge is 0.508 e. The standard InChI is InChI=1S/C28H34N2O6S/c1-5-30(6-2)37(34,35)24-15-16-26(36-4)25(19-24)29-27(33)17-18-28(3,20-7-11-22(31)12-8-20)21-9-13-23(32)14-10-21/h7-16,19,31-32H,5-6,17-18H2,1-4H3,(H,29,33). The van der Waals surface area contributed by atoms with E-state index in [0.29, 0.717) is 25.3 Å². The van der Waals surface area contributed by atoms with Crippen LogP contribution in [0.2, 0.25) is 0 Å². The number of amides is 1. The van der Waals surface area contributed by atoms with Gasteiger partial charge in [-0.15, -0.1) is 0 Å². The molecule has 9 heteroatoms. The van der Waals surface area contributed by atoms with Crippen molar-refractivity contribution in [1.29, 1.82) is 0 Å². The molecule has 0 unspecified atom stereocenters. The number of phenolic OH excluding ortho intramolecular Hbond substituents is 2. The van der Waals surface area contributed by atoms with Crippen LogP contribution in [0.4, 0.5) is 5.69 Å². The zero-order chi connectivity index (χ0) is 27.2. The number of benzene rings is 3. The van der Waals surface area contributed by atoms with Crippen molar-refractivity contribution in [2.45, 2.75) is 43.9 Å². The molecule has 1 amide bonds. The first kappa shape index (κ1) is 28.0. The molecule has 0 spiro atoms. The van der Waals surface area contributed by atoms with Crippen LogP contribution >= 0.6 is 0 Å². The Bertz CT molecular complexity index is 1270. The van der Waals surface area contributed by atoms with Gasteiger partial charge in [0.05, 0.1) is 17.7 Å². The molecule has 0 radical (unpaired) electrons. The van der Waals surface area contributed by atoms with Crippen molar-refractivity contribution in [1.82, 2.24) is 4.31 Å². The van der Waals surface area contributed by atoms with Crippen molar-refractivity contribution in [3.63, 3.8) is 0 Å². The number of nitrogens with zero attached hydrogens (tertiary/aromatic N) is 1. The van der Waals surface area contributed by atoms with E-state index in [0.717, 1.165) is 11.1 Å². The second-order valence-corrected chi connectivity index (χ2v) is 10.9. The number of carbonyl (C=O) groups is 1. The fourth-order valence-electron chi connectivity index (χ4n) is 4.35. The Balaban J connectivity index is 1.87. The Morgan fingerprint density at radius 3 is 1.89 bits per heavy atom. The van der Waals surface area contributed by atoms with Crippen molar-refractivity contribution < 1.29 is 28.2 Å². The third kappa shape index (κ3) is 6.23. The molecule has 0 saturated heterocycles. The first-order chi connectivity index (χ1) is 17.5. The molecule has 0 aliphatic rings. The van der Waals surface area contributed by atoms with Crippen LogP contribution in [0.1, 0.15) is 44.7 Å². The lowest BCUT2D eigenvalue weighted by Gasteiger charge is -2.31. The number of sulfonamides is 1. The molecule has 8 nitrogen and oxygen atoms in total. The van der Waals surface area contributed by atoms with E-state index in [-0.39, 0.29) is 34.4 Å². The maximum absolute atomic E-state index is 13.1. The van der Waals surface area contributed by atoms with Crippen molar-refractivity contribution in [2.75, 3.05) is 25.5 Å². The van der Waals surface area contributed by atoms with Gasteiger partial charge >= 0.3 is 0 Å². The summed E-state index contributed by atoms with van der Waals surface area (Å²) in [4.78, 5) is 13.2. The summed E-state index contributed by atoms with van der Waals surface area (Å²) in [5.41, 5.74) is 1.47. The third-order valence-electron chi connectivity index (χ3n) is 6.65. The van der Waals surface area contributed by atoms with E-state index in [1.54, 1.807) is 38.1 Å². The quantitative estimate of drug-likeness (QED) is 0.329. The summed E-state index contributed by atoms with van der Waals surface area (Å²) >= 11 is 0. The van der Waals surface area contributed by atoms with Crippen LogP contribution in [0.3, 0.4) is 0 Å². The minimum absolute atomic E-state index is 0.0744. The lowest BCUT2D eigenvalue weighted by Crippen LogP contribution is -2.30. The van der Waals surface area contributed by atoms with Crippen LogP contribution in [0.5, 0.6) is 17.2 Å². The first-order valence-electron chi connectivity index (χ1n) is 12.1. The van der Waals surface area contributed by atoms with Crippen molar-refractivity contribution >= 4 is 21.6 Å². The topological polar surface area (TPSA) is 116 Å². The molecule has 0 aromatic heterocycles. The maximum atomic E-state index is 13.1. The number of ether oxygens (including phenoxy) is 1. The van der Waals surface area contributed by atoms with Crippen LogP contribution < -0.4 is 10.1 Å². The predicted octanol–water partition coefficient (Wildman–Crippen LogP) is 4.86. The lowest BCUT2D eigenvalue weighted by molar-refractivity contribution is -0.116. The van der Waals surface area contributed by atoms with Gasteiger partial charge in [0.1, 0.15) is 17.2 Å². The summed E-state index contributed by atoms with van der Waals surface area (Å²) in [7, 11) is -2.26. The van der Waals surface area contributed by atoms with Crippen LogP contribution in [0, 0.1) is 0 Å². The highest BCUT2D eigenvalue weighted by Crippen LogP contribution is 2.38. The maximum Gasteiger partial charge on any atom is 0.243 e. The Hall–Kier alpha value is -3.56. The van der Waals surface area contributed by atoms with Crippen molar-refractivity contribution in [3.8, 4) is 17.2 Å². The van der Waals surface area contributed by atoms with Crippen LogP contribution in [-0.2, 0) is 20.2 Å². The predicted molar refractivity (Wildman–Crippen MR) is 144 cm³/mol. The number of aromatic hydroxyl groups is 2. The van der Waals surface area contributed by atoms with Gasteiger partial charge in [-0.3, -0.25) is 4.79 Å². The zero-order valence-electron chi connectivity index (χ0n) is 21.6.